The van der Waals surface area contributed by atoms with Crippen LogP contribution < -0.4 is 0 Å². The van der Waals surface area contributed by atoms with E-state index in [9.17, 15) is 0 Å². The van der Waals surface area contributed by atoms with E-state index >= 15 is 0 Å². The van der Waals surface area contributed by atoms with Crippen molar-refractivity contribution in [3.8, 4) is 0 Å². The number of fused-ring (bicyclic) bond motifs is 2. The minimum absolute atomic E-state index is 0.0992. The maximum Gasteiger partial charge on any atom is 0.0616 e. The average Bonchev–Trinajstić information content (AvgIpc) is 3.65. The quantitative estimate of drug-likeness (QED) is 0.331. The number of rotatable bonds is 10. The van der Waals surface area contributed by atoms with E-state index in [4.69, 9.17) is 18.9 Å². The molecule has 0 heterocycles. The van der Waals surface area contributed by atoms with Crippen molar-refractivity contribution >= 4 is 12.2 Å². The summed E-state index contributed by atoms with van der Waals surface area (Å²) >= 11 is 0. The van der Waals surface area contributed by atoms with E-state index in [-0.39, 0.29) is 10.8 Å². The van der Waals surface area contributed by atoms with Gasteiger partial charge in [0.1, 0.15) is 0 Å². The Morgan fingerprint density at radius 1 is 0.684 bits per heavy atom. The van der Waals surface area contributed by atoms with Crippen LogP contribution in [0.15, 0.2) is 48.6 Å². The Labute approximate surface area is 230 Å². The standard InChI is InChI=1S/C18H24O2.C16H22O2/c1-19-12-18(13-20-2)11-10-15-8-5-9-16(17(15)18)14-6-3-4-7-14;1-12(2)14-7-5-6-13-8-9-16(10-17-3,11-18-4)15(13)14/h5,8-11,14H,3-4,6-7,12-13H2,1-2H3;5-9,12H,10-11H2,1-4H3. The third kappa shape index (κ3) is 5.56. The molecule has 5 rings (SSSR count). The molecule has 0 unspecified atom stereocenters. The molecule has 0 spiro atoms. The Bertz CT molecular complexity index is 1110. The summed E-state index contributed by atoms with van der Waals surface area (Å²) in [5.41, 5.74) is 8.18. The van der Waals surface area contributed by atoms with E-state index in [2.05, 4.69) is 74.5 Å². The van der Waals surface area contributed by atoms with E-state index in [1.54, 1.807) is 28.4 Å². The number of hydrogen-bond donors (Lipinski definition) is 0. The van der Waals surface area contributed by atoms with Gasteiger partial charge in [-0.05, 0) is 58.1 Å². The van der Waals surface area contributed by atoms with Gasteiger partial charge < -0.3 is 18.9 Å². The van der Waals surface area contributed by atoms with E-state index in [1.165, 1.54) is 59.1 Å². The Morgan fingerprint density at radius 2 is 1.16 bits per heavy atom. The van der Waals surface area contributed by atoms with Crippen LogP contribution in [0.25, 0.3) is 12.2 Å². The molecule has 1 saturated carbocycles. The first-order valence-electron chi connectivity index (χ1n) is 14.1. The van der Waals surface area contributed by atoms with Crippen LogP contribution in [0, 0.1) is 0 Å². The second-order valence-corrected chi connectivity index (χ2v) is 11.5. The van der Waals surface area contributed by atoms with E-state index < -0.39 is 0 Å². The molecular weight excluding hydrogens is 472 g/mol. The fraction of sp³-hybridized carbons (Fsp3) is 0.529. The van der Waals surface area contributed by atoms with Crippen molar-refractivity contribution in [3.63, 3.8) is 0 Å². The molecule has 0 radical (unpaired) electrons. The summed E-state index contributed by atoms with van der Waals surface area (Å²) in [4.78, 5) is 0. The zero-order valence-corrected chi connectivity index (χ0v) is 24.2. The molecule has 2 aromatic rings. The largest absolute Gasteiger partial charge is 0.383 e. The fourth-order valence-corrected chi connectivity index (χ4v) is 6.92. The van der Waals surface area contributed by atoms with Crippen molar-refractivity contribution in [2.45, 2.75) is 62.2 Å². The topological polar surface area (TPSA) is 36.9 Å². The molecule has 0 aromatic heterocycles. The van der Waals surface area contributed by atoms with Gasteiger partial charge in [0.25, 0.3) is 0 Å². The molecule has 38 heavy (non-hydrogen) atoms. The van der Waals surface area contributed by atoms with Gasteiger partial charge in [-0.25, -0.2) is 0 Å². The average molecular weight is 519 g/mol. The van der Waals surface area contributed by atoms with Gasteiger partial charge in [0.2, 0.25) is 0 Å². The molecule has 206 valence electrons. The second-order valence-electron chi connectivity index (χ2n) is 11.5. The minimum Gasteiger partial charge on any atom is -0.383 e. The predicted octanol–water partition coefficient (Wildman–Crippen LogP) is 7.27. The molecule has 3 aliphatic carbocycles. The monoisotopic (exact) mass is 518 g/mol. The van der Waals surface area contributed by atoms with E-state index in [1.807, 2.05) is 0 Å². The third-order valence-corrected chi connectivity index (χ3v) is 8.44. The number of methoxy groups -OCH3 is 4. The summed E-state index contributed by atoms with van der Waals surface area (Å²) in [6, 6.07) is 13.3. The predicted molar refractivity (Wildman–Crippen MR) is 157 cm³/mol. The minimum atomic E-state index is -0.125. The van der Waals surface area contributed by atoms with Crippen molar-refractivity contribution in [1.82, 2.24) is 0 Å². The van der Waals surface area contributed by atoms with Gasteiger partial charge in [-0.2, -0.15) is 0 Å². The van der Waals surface area contributed by atoms with Crippen LogP contribution in [0.3, 0.4) is 0 Å². The highest BCUT2D eigenvalue weighted by Crippen LogP contribution is 2.45. The molecule has 0 aliphatic heterocycles. The summed E-state index contributed by atoms with van der Waals surface area (Å²) < 4.78 is 21.9. The highest BCUT2D eigenvalue weighted by molar-refractivity contribution is 5.69. The lowest BCUT2D eigenvalue weighted by atomic mass is 9.77. The van der Waals surface area contributed by atoms with Crippen LogP contribution in [-0.2, 0) is 29.8 Å². The van der Waals surface area contributed by atoms with E-state index in [0.717, 1.165) is 5.92 Å². The Morgan fingerprint density at radius 3 is 1.66 bits per heavy atom. The van der Waals surface area contributed by atoms with Crippen LogP contribution in [0.5, 0.6) is 0 Å². The molecule has 4 nitrogen and oxygen atoms in total. The highest BCUT2D eigenvalue weighted by Gasteiger charge is 2.39. The summed E-state index contributed by atoms with van der Waals surface area (Å²) in [5, 5.41) is 0. The van der Waals surface area contributed by atoms with Gasteiger partial charge in [-0.3, -0.25) is 0 Å². The van der Waals surface area contributed by atoms with Crippen LogP contribution in [0.1, 0.15) is 84.7 Å². The van der Waals surface area contributed by atoms with Crippen LogP contribution in [0.4, 0.5) is 0 Å². The summed E-state index contributed by atoms with van der Waals surface area (Å²) in [7, 11) is 7.06. The number of hydrogen-bond acceptors (Lipinski definition) is 4. The maximum atomic E-state index is 5.52. The first-order chi connectivity index (χ1) is 18.4. The van der Waals surface area contributed by atoms with Crippen molar-refractivity contribution < 1.29 is 18.9 Å². The van der Waals surface area contributed by atoms with Crippen LogP contribution in [0.2, 0.25) is 0 Å². The number of ether oxygens (including phenoxy) is 4. The second kappa shape index (κ2) is 12.7. The summed E-state index contributed by atoms with van der Waals surface area (Å²) in [6.45, 7) is 7.17. The molecule has 2 aromatic carbocycles. The zero-order valence-electron chi connectivity index (χ0n) is 24.2. The summed E-state index contributed by atoms with van der Waals surface area (Å²) in [5.74, 6) is 1.23. The molecule has 0 amide bonds. The van der Waals surface area contributed by atoms with Gasteiger partial charge in [0, 0.05) is 28.4 Å². The Kier molecular flexibility index (Phi) is 9.64. The number of benzene rings is 2. The van der Waals surface area contributed by atoms with Gasteiger partial charge in [-0.15, -0.1) is 0 Å². The van der Waals surface area contributed by atoms with Gasteiger partial charge >= 0.3 is 0 Å². The first kappa shape index (κ1) is 28.8. The van der Waals surface area contributed by atoms with Crippen LogP contribution >= 0.6 is 0 Å². The van der Waals surface area contributed by atoms with Gasteiger partial charge in [-0.1, -0.05) is 87.4 Å². The maximum absolute atomic E-state index is 5.52. The molecular formula is C34H46O4. The summed E-state index contributed by atoms with van der Waals surface area (Å²) in [6.07, 6.45) is 14.3. The molecule has 4 heteroatoms. The fourth-order valence-electron chi connectivity index (χ4n) is 6.92. The first-order valence-corrected chi connectivity index (χ1v) is 14.1. The van der Waals surface area contributed by atoms with Crippen molar-refractivity contribution in [2.24, 2.45) is 0 Å². The molecule has 3 aliphatic rings. The normalized spacial score (nSPS) is 18.5. The Balaban J connectivity index is 0.000000178. The Hall–Kier alpha value is -2.24. The van der Waals surface area contributed by atoms with Crippen molar-refractivity contribution in [3.05, 3.63) is 81.9 Å². The third-order valence-electron chi connectivity index (χ3n) is 8.44. The van der Waals surface area contributed by atoms with Crippen molar-refractivity contribution in [1.29, 1.82) is 0 Å². The molecule has 0 bridgehead atoms. The van der Waals surface area contributed by atoms with E-state index in [0.29, 0.717) is 32.3 Å². The van der Waals surface area contributed by atoms with Crippen molar-refractivity contribution in [2.75, 3.05) is 54.9 Å². The zero-order chi connectivity index (χ0) is 27.2. The molecule has 0 saturated heterocycles. The lowest BCUT2D eigenvalue weighted by Gasteiger charge is -2.31. The van der Waals surface area contributed by atoms with Crippen LogP contribution in [-0.4, -0.2) is 54.9 Å². The highest BCUT2D eigenvalue weighted by atomic mass is 16.5. The lowest BCUT2D eigenvalue weighted by Crippen LogP contribution is -2.34. The smallest absolute Gasteiger partial charge is 0.0616 e. The lowest BCUT2D eigenvalue weighted by molar-refractivity contribution is 0.0839. The molecule has 0 atom stereocenters. The van der Waals surface area contributed by atoms with Gasteiger partial charge in [0.15, 0.2) is 0 Å². The SMILES string of the molecule is COCC1(COC)C=Cc2cccc(C(C)C)c21.COCC1(COC)C=Cc2cccc(C3CCCC3)c21. The molecule has 0 N–H and O–H groups in total. The molecule has 1 fully saturated rings. The van der Waals surface area contributed by atoms with Gasteiger partial charge in [0.05, 0.1) is 37.3 Å².